The lowest BCUT2D eigenvalue weighted by molar-refractivity contribution is -0.141. The highest BCUT2D eigenvalue weighted by Gasteiger charge is 2.37. The van der Waals surface area contributed by atoms with E-state index >= 15 is 0 Å². The van der Waals surface area contributed by atoms with Gasteiger partial charge in [0.15, 0.2) is 5.69 Å². The normalized spacial score (nSPS) is 11.1. The summed E-state index contributed by atoms with van der Waals surface area (Å²) in [6, 6.07) is 8.12. The van der Waals surface area contributed by atoms with Crippen LogP contribution in [0, 0.1) is 0 Å². The number of rotatable bonds is 4. The van der Waals surface area contributed by atoms with Gasteiger partial charge in [0.25, 0.3) is 0 Å². The van der Waals surface area contributed by atoms with Crippen molar-refractivity contribution in [1.82, 2.24) is 4.98 Å². The minimum Gasteiger partial charge on any atom is -0.457 e. The molecule has 0 radical (unpaired) electrons. The second kappa shape index (κ2) is 6.47. The van der Waals surface area contributed by atoms with Gasteiger partial charge in [-0.1, -0.05) is 12.1 Å². The van der Waals surface area contributed by atoms with Crippen molar-refractivity contribution < 1.29 is 27.5 Å². The highest BCUT2D eigenvalue weighted by Crippen LogP contribution is 2.30. The minimum atomic E-state index is -4.76. The first-order valence-electron chi connectivity index (χ1n) is 6.37. The van der Waals surface area contributed by atoms with Gasteiger partial charge in [0, 0.05) is 11.8 Å². The molecule has 23 heavy (non-hydrogen) atoms. The lowest BCUT2D eigenvalue weighted by Crippen LogP contribution is -2.17. The van der Waals surface area contributed by atoms with E-state index in [0.29, 0.717) is 5.56 Å². The summed E-state index contributed by atoms with van der Waals surface area (Å²) in [5, 5.41) is 0. The molecule has 2 rings (SSSR count). The van der Waals surface area contributed by atoms with Crippen LogP contribution in [0.1, 0.15) is 32.0 Å². The number of pyridine rings is 1. The van der Waals surface area contributed by atoms with E-state index in [1.807, 2.05) is 0 Å². The number of amides is 1. The van der Waals surface area contributed by atoms with Gasteiger partial charge in [0.05, 0.1) is 5.56 Å². The number of hydrogen-bond donors (Lipinski definition) is 1. The fourth-order valence-electron chi connectivity index (χ4n) is 1.84. The molecule has 5 nitrogen and oxygen atoms in total. The number of primary amides is 1. The van der Waals surface area contributed by atoms with Crippen LogP contribution in [0.25, 0.3) is 0 Å². The third-order valence-corrected chi connectivity index (χ3v) is 2.88. The van der Waals surface area contributed by atoms with Crippen LogP contribution in [0.2, 0.25) is 0 Å². The standard InChI is InChI=1S/C15H11F3N2O3/c16-15(17,18)12-11(5-2-6-20-12)14(22)23-8-9-3-1-4-10(7-9)13(19)21/h1-7H,8H2,(H2,19,21). The molecule has 0 bridgehead atoms. The first-order chi connectivity index (χ1) is 10.8. The van der Waals surface area contributed by atoms with Crippen molar-refractivity contribution in [3.8, 4) is 0 Å². The topological polar surface area (TPSA) is 82.3 Å². The number of benzene rings is 1. The van der Waals surface area contributed by atoms with Gasteiger partial charge in [-0.2, -0.15) is 13.2 Å². The van der Waals surface area contributed by atoms with Crippen LogP contribution in [0.15, 0.2) is 42.6 Å². The summed E-state index contributed by atoms with van der Waals surface area (Å²) >= 11 is 0. The zero-order chi connectivity index (χ0) is 17.0. The van der Waals surface area contributed by atoms with Crippen LogP contribution in [-0.2, 0) is 17.5 Å². The summed E-state index contributed by atoms with van der Waals surface area (Å²) in [7, 11) is 0. The smallest absolute Gasteiger partial charge is 0.434 e. The Morgan fingerprint density at radius 1 is 1.17 bits per heavy atom. The molecule has 1 aromatic heterocycles. The number of halogens is 3. The average Bonchev–Trinajstić information content (AvgIpc) is 2.52. The van der Waals surface area contributed by atoms with E-state index in [1.54, 1.807) is 6.07 Å². The van der Waals surface area contributed by atoms with Crippen LogP contribution in [0.3, 0.4) is 0 Å². The monoisotopic (exact) mass is 324 g/mol. The van der Waals surface area contributed by atoms with Crippen molar-refractivity contribution in [3.63, 3.8) is 0 Å². The van der Waals surface area contributed by atoms with Crippen LogP contribution in [0.4, 0.5) is 13.2 Å². The molecule has 0 saturated carbocycles. The molecule has 0 unspecified atom stereocenters. The lowest BCUT2D eigenvalue weighted by Gasteiger charge is -2.11. The lowest BCUT2D eigenvalue weighted by atomic mass is 10.1. The fraction of sp³-hybridized carbons (Fsp3) is 0.133. The van der Waals surface area contributed by atoms with Crippen molar-refractivity contribution in [1.29, 1.82) is 0 Å². The Hall–Kier alpha value is -2.90. The molecule has 0 aliphatic heterocycles. The number of esters is 1. The Morgan fingerprint density at radius 2 is 1.91 bits per heavy atom. The molecular formula is C15H11F3N2O3. The summed E-state index contributed by atoms with van der Waals surface area (Å²) in [4.78, 5) is 26.1. The highest BCUT2D eigenvalue weighted by atomic mass is 19.4. The van der Waals surface area contributed by atoms with Gasteiger partial charge in [-0.05, 0) is 29.8 Å². The Labute approximate surface area is 128 Å². The number of nitrogens with zero attached hydrogens (tertiary/aromatic N) is 1. The second-order valence-corrected chi connectivity index (χ2v) is 4.54. The van der Waals surface area contributed by atoms with E-state index in [9.17, 15) is 22.8 Å². The first-order valence-corrected chi connectivity index (χ1v) is 6.37. The quantitative estimate of drug-likeness (QED) is 0.876. The molecule has 0 aliphatic rings. The summed E-state index contributed by atoms with van der Waals surface area (Å²) in [6.45, 7) is -0.299. The van der Waals surface area contributed by atoms with Crippen LogP contribution in [0.5, 0.6) is 0 Å². The molecule has 0 fully saturated rings. The maximum absolute atomic E-state index is 12.8. The molecule has 1 heterocycles. The molecule has 8 heteroatoms. The molecule has 0 aliphatic carbocycles. The van der Waals surface area contributed by atoms with Gasteiger partial charge in [-0.3, -0.25) is 9.78 Å². The molecule has 0 atom stereocenters. The van der Waals surface area contributed by atoms with E-state index in [2.05, 4.69) is 4.98 Å². The fourth-order valence-corrected chi connectivity index (χ4v) is 1.84. The maximum atomic E-state index is 12.8. The molecule has 2 aromatic rings. The number of alkyl halides is 3. The van der Waals surface area contributed by atoms with Crippen molar-refractivity contribution in [2.24, 2.45) is 5.73 Å². The molecular weight excluding hydrogens is 313 g/mol. The van der Waals surface area contributed by atoms with Crippen molar-refractivity contribution in [3.05, 3.63) is 65.0 Å². The van der Waals surface area contributed by atoms with Crippen LogP contribution in [-0.4, -0.2) is 16.9 Å². The number of aromatic nitrogens is 1. The SMILES string of the molecule is NC(=O)c1cccc(COC(=O)c2cccnc2C(F)(F)F)c1. The van der Waals surface area contributed by atoms with E-state index < -0.39 is 29.3 Å². The number of hydrogen-bond acceptors (Lipinski definition) is 4. The highest BCUT2D eigenvalue weighted by molar-refractivity contribution is 5.93. The predicted molar refractivity (Wildman–Crippen MR) is 73.3 cm³/mol. The number of carbonyl (C=O) groups is 2. The van der Waals surface area contributed by atoms with Gasteiger partial charge in [0.2, 0.25) is 5.91 Å². The minimum absolute atomic E-state index is 0.205. The first kappa shape index (κ1) is 16.5. The molecule has 1 aromatic carbocycles. The van der Waals surface area contributed by atoms with Gasteiger partial charge in [-0.25, -0.2) is 4.79 Å². The zero-order valence-corrected chi connectivity index (χ0v) is 11.6. The third-order valence-electron chi connectivity index (χ3n) is 2.88. The van der Waals surface area contributed by atoms with Gasteiger partial charge >= 0.3 is 12.1 Å². The maximum Gasteiger partial charge on any atom is 0.434 e. The Kier molecular flexibility index (Phi) is 4.63. The van der Waals surface area contributed by atoms with Crippen molar-refractivity contribution in [2.75, 3.05) is 0 Å². The Balaban J connectivity index is 2.15. The summed E-state index contributed by atoms with van der Waals surface area (Å²) in [6.07, 6.45) is -3.82. The summed E-state index contributed by atoms with van der Waals surface area (Å²) in [5.41, 5.74) is 3.76. The average molecular weight is 324 g/mol. The molecule has 120 valence electrons. The number of ether oxygens (including phenoxy) is 1. The van der Waals surface area contributed by atoms with Gasteiger partial charge < -0.3 is 10.5 Å². The van der Waals surface area contributed by atoms with E-state index in [0.717, 1.165) is 12.3 Å². The Morgan fingerprint density at radius 3 is 2.57 bits per heavy atom. The third kappa shape index (κ3) is 4.06. The summed E-state index contributed by atoms with van der Waals surface area (Å²) < 4.78 is 43.2. The number of nitrogens with two attached hydrogens (primary N) is 1. The molecule has 2 N–H and O–H groups in total. The van der Waals surface area contributed by atoms with Crippen LogP contribution < -0.4 is 5.73 Å². The molecule has 0 saturated heterocycles. The molecule has 0 spiro atoms. The van der Waals surface area contributed by atoms with Gasteiger partial charge in [0.1, 0.15) is 6.61 Å². The van der Waals surface area contributed by atoms with Gasteiger partial charge in [-0.15, -0.1) is 0 Å². The van der Waals surface area contributed by atoms with Crippen LogP contribution >= 0.6 is 0 Å². The van der Waals surface area contributed by atoms with Crippen molar-refractivity contribution in [2.45, 2.75) is 12.8 Å². The Bertz CT molecular complexity index is 745. The van der Waals surface area contributed by atoms with Crippen molar-refractivity contribution >= 4 is 11.9 Å². The summed E-state index contributed by atoms with van der Waals surface area (Å²) in [5.74, 6) is -1.82. The van der Waals surface area contributed by atoms with E-state index in [4.69, 9.17) is 10.5 Å². The van der Waals surface area contributed by atoms with E-state index in [-0.39, 0.29) is 12.2 Å². The zero-order valence-electron chi connectivity index (χ0n) is 11.6. The molecule has 1 amide bonds. The second-order valence-electron chi connectivity index (χ2n) is 4.54. The largest absolute Gasteiger partial charge is 0.457 e. The predicted octanol–water partition coefficient (Wildman–Crippen LogP) is 2.56. The van der Waals surface area contributed by atoms with E-state index in [1.165, 1.54) is 24.3 Å². The number of carbonyl (C=O) groups excluding carboxylic acids is 2.